The standard InChI is InChI=1S/C18H24O3/c1-13(2)5-4-8-18(3)9-6-15-16(20)11-14(7-10-19)12-17(15)21-18/h5-6,9,11-12,19-20H,4,7-8,10H2,1-3H3. The summed E-state index contributed by atoms with van der Waals surface area (Å²) in [4.78, 5) is 0. The second kappa shape index (κ2) is 6.35. The third-order valence-corrected chi connectivity index (χ3v) is 3.72. The molecular formula is C18H24O3. The molecule has 21 heavy (non-hydrogen) atoms. The summed E-state index contributed by atoms with van der Waals surface area (Å²) in [6, 6.07) is 3.60. The summed E-state index contributed by atoms with van der Waals surface area (Å²) < 4.78 is 6.11. The van der Waals surface area contributed by atoms with Crippen molar-refractivity contribution < 1.29 is 14.9 Å². The van der Waals surface area contributed by atoms with Crippen molar-refractivity contribution in [3.05, 3.63) is 41.0 Å². The Hall–Kier alpha value is -1.74. The van der Waals surface area contributed by atoms with Crippen LogP contribution >= 0.6 is 0 Å². The Morgan fingerprint density at radius 1 is 1.33 bits per heavy atom. The van der Waals surface area contributed by atoms with Gasteiger partial charge in [0.25, 0.3) is 0 Å². The van der Waals surface area contributed by atoms with Gasteiger partial charge in [0, 0.05) is 6.61 Å². The Morgan fingerprint density at radius 2 is 2.10 bits per heavy atom. The number of aliphatic hydroxyl groups is 1. The summed E-state index contributed by atoms with van der Waals surface area (Å²) in [5.74, 6) is 0.902. The lowest BCUT2D eigenvalue weighted by Gasteiger charge is -2.32. The van der Waals surface area contributed by atoms with Gasteiger partial charge in [-0.3, -0.25) is 0 Å². The van der Waals surface area contributed by atoms with Crippen LogP contribution in [0.25, 0.3) is 6.08 Å². The molecule has 0 spiro atoms. The molecule has 0 aliphatic carbocycles. The van der Waals surface area contributed by atoms with E-state index < -0.39 is 0 Å². The normalized spacial score (nSPS) is 19.8. The van der Waals surface area contributed by atoms with Crippen molar-refractivity contribution in [3.8, 4) is 11.5 Å². The number of fused-ring (bicyclic) bond motifs is 1. The van der Waals surface area contributed by atoms with Crippen molar-refractivity contribution in [3.63, 3.8) is 0 Å². The summed E-state index contributed by atoms with van der Waals surface area (Å²) >= 11 is 0. The zero-order valence-corrected chi connectivity index (χ0v) is 13.0. The molecule has 1 aliphatic rings. The highest BCUT2D eigenvalue weighted by molar-refractivity contribution is 5.67. The van der Waals surface area contributed by atoms with Gasteiger partial charge in [0.15, 0.2) is 0 Å². The van der Waals surface area contributed by atoms with E-state index in [1.807, 2.05) is 18.2 Å². The molecule has 0 saturated carbocycles. The van der Waals surface area contributed by atoms with Gasteiger partial charge in [-0.05, 0) is 69.9 Å². The molecule has 0 fully saturated rings. The Bertz CT molecular complexity index is 568. The molecular weight excluding hydrogens is 264 g/mol. The first kappa shape index (κ1) is 15.6. The first-order valence-corrected chi connectivity index (χ1v) is 7.42. The van der Waals surface area contributed by atoms with Crippen LogP contribution in [0.2, 0.25) is 0 Å². The van der Waals surface area contributed by atoms with Gasteiger partial charge in [0.05, 0.1) is 5.56 Å². The van der Waals surface area contributed by atoms with Crippen LogP contribution in [0.4, 0.5) is 0 Å². The van der Waals surface area contributed by atoms with Crippen molar-refractivity contribution in [2.24, 2.45) is 0 Å². The van der Waals surface area contributed by atoms with Gasteiger partial charge >= 0.3 is 0 Å². The van der Waals surface area contributed by atoms with Crippen LogP contribution < -0.4 is 4.74 Å². The molecule has 3 heteroatoms. The van der Waals surface area contributed by atoms with Crippen LogP contribution in [-0.4, -0.2) is 22.4 Å². The number of aliphatic hydroxyl groups excluding tert-OH is 1. The second-order valence-corrected chi connectivity index (χ2v) is 6.07. The zero-order valence-electron chi connectivity index (χ0n) is 13.0. The molecule has 0 amide bonds. The molecule has 1 aromatic carbocycles. The molecule has 1 aromatic rings. The van der Waals surface area contributed by atoms with E-state index in [4.69, 9.17) is 9.84 Å². The van der Waals surface area contributed by atoms with E-state index in [1.54, 1.807) is 6.07 Å². The number of hydrogen-bond donors (Lipinski definition) is 2. The van der Waals surface area contributed by atoms with Crippen LogP contribution in [-0.2, 0) is 6.42 Å². The molecule has 0 aromatic heterocycles. The van der Waals surface area contributed by atoms with Gasteiger partial charge in [-0.2, -0.15) is 0 Å². The zero-order chi connectivity index (χ0) is 15.5. The van der Waals surface area contributed by atoms with Crippen molar-refractivity contribution in [1.29, 1.82) is 0 Å². The number of allylic oxidation sites excluding steroid dienone is 2. The number of benzene rings is 1. The molecule has 2 N–H and O–H groups in total. The van der Waals surface area contributed by atoms with Crippen molar-refractivity contribution >= 4 is 6.08 Å². The third kappa shape index (κ3) is 3.88. The van der Waals surface area contributed by atoms with Crippen LogP contribution in [0, 0.1) is 0 Å². The highest BCUT2D eigenvalue weighted by Crippen LogP contribution is 2.39. The minimum Gasteiger partial charge on any atom is -0.507 e. The Morgan fingerprint density at radius 3 is 2.76 bits per heavy atom. The predicted molar refractivity (Wildman–Crippen MR) is 85.6 cm³/mol. The van der Waals surface area contributed by atoms with E-state index in [9.17, 15) is 5.11 Å². The van der Waals surface area contributed by atoms with Crippen LogP contribution in [0.5, 0.6) is 11.5 Å². The summed E-state index contributed by atoms with van der Waals surface area (Å²) in [5, 5.41) is 19.1. The third-order valence-electron chi connectivity index (χ3n) is 3.72. The smallest absolute Gasteiger partial charge is 0.131 e. The minimum absolute atomic E-state index is 0.0614. The van der Waals surface area contributed by atoms with Crippen LogP contribution in [0.3, 0.4) is 0 Å². The molecule has 1 unspecified atom stereocenters. The first-order valence-electron chi connectivity index (χ1n) is 7.42. The lowest BCUT2D eigenvalue weighted by Crippen LogP contribution is -2.31. The van der Waals surface area contributed by atoms with Gasteiger partial charge in [0.2, 0.25) is 0 Å². The fourth-order valence-corrected chi connectivity index (χ4v) is 2.52. The van der Waals surface area contributed by atoms with Crippen molar-refractivity contribution in [1.82, 2.24) is 0 Å². The average molecular weight is 288 g/mol. The Labute approximate surface area is 126 Å². The topological polar surface area (TPSA) is 49.7 Å². The average Bonchev–Trinajstić information content (AvgIpc) is 2.37. The molecule has 114 valence electrons. The molecule has 1 heterocycles. The number of aromatic hydroxyl groups is 1. The van der Waals surface area contributed by atoms with Crippen molar-refractivity contribution in [2.75, 3.05) is 6.61 Å². The quantitative estimate of drug-likeness (QED) is 0.809. The summed E-state index contributed by atoms with van der Waals surface area (Å²) in [6.45, 7) is 6.30. The number of phenolic OH excluding ortho intramolecular Hbond substituents is 1. The fourth-order valence-electron chi connectivity index (χ4n) is 2.52. The maximum Gasteiger partial charge on any atom is 0.131 e. The first-order chi connectivity index (χ1) is 9.93. The number of phenols is 1. The molecule has 0 bridgehead atoms. The van der Waals surface area contributed by atoms with Gasteiger partial charge in [0.1, 0.15) is 17.1 Å². The largest absolute Gasteiger partial charge is 0.507 e. The summed E-state index contributed by atoms with van der Waals surface area (Å²) in [6.07, 6.45) is 8.51. The Balaban J connectivity index is 2.20. The molecule has 1 aliphatic heterocycles. The highest BCUT2D eigenvalue weighted by atomic mass is 16.5. The van der Waals surface area contributed by atoms with Crippen molar-refractivity contribution in [2.45, 2.75) is 45.6 Å². The van der Waals surface area contributed by atoms with E-state index in [1.165, 1.54) is 5.57 Å². The summed E-state index contributed by atoms with van der Waals surface area (Å²) in [7, 11) is 0. The van der Waals surface area contributed by atoms with Crippen LogP contribution in [0.1, 0.15) is 44.7 Å². The maximum absolute atomic E-state index is 10.1. The van der Waals surface area contributed by atoms with E-state index in [2.05, 4.69) is 26.8 Å². The SMILES string of the molecule is CC(C)=CCCC1(C)C=Cc2c(O)cc(CCO)cc2O1. The van der Waals surface area contributed by atoms with Crippen LogP contribution in [0.15, 0.2) is 29.9 Å². The van der Waals surface area contributed by atoms with Gasteiger partial charge in [-0.25, -0.2) is 0 Å². The van der Waals surface area contributed by atoms with E-state index in [-0.39, 0.29) is 18.0 Å². The van der Waals surface area contributed by atoms with Gasteiger partial charge < -0.3 is 14.9 Å². The maximum atomic E-state index is 10.1. The van der Waals surface area contributed by atoms with Gasteiger partial charge in [-0.1, -0.05) is 11.6 Å². The molecule has 2 rings (SSSR count). The lowest BCUT2D eigenvalue weighted by atomic mass is 9.93. The molecule has 1 atom stereocenters. The van der Waals surface area contributed by atoms with E-state index in [0.717, 1.165) is 24.0 Å². The monoisotopic (exact) mass is 288 g/mol. The van der Waals surface area contributed by atoms with Gasteiger partial charge in [-0.15, -0.1) is 0 Å². The van der Waals surface area contributed by atoms with E-state index in [0.29, 0.717) is 12.2 Å². The predicted octanol–water partition coefficient (Wildman–Crippen LogP) is 3.84. The summed E-state index contributed by atoms with van der Waals surface area (Å²) in [5.41, 5.74) is 2.55. The molecule has 0 saturated heterocycles. The Kier molecular flexibility index (Phi) is 4.73. The number of ether oxygens (including phenoxy) is 1. The highest BCUT2D eigenvalue weighted by Gasteiger charge is 2.28. The molecule has 0 radical (unpaired) electrons. The fraction of sp³-hybridized carbons (Fsp3) is 0.444. The lowest BCUT2D eigenvalue weighted by molar-refractivity contribution is 0.128. The second-order valence-electron chi connectivity index (χ2n) is 6.07. The number of hydrogen-bond acceptors (Lipinski definition) is 3. The molecule has 3 nitrogen and oxygen atoms in total. The minimum atomic E-state index is -0.358. The number of rotatable bonds is 5. The van der Waals surface area contributed by atoms with E-state index >= 15 is 0 Å².